The number of para-hydroxylation sites is 1. The lowest BCUT2D eigenvalue weighted by atomic mass is 10.2. The lowest BCUT2D eigenvalue weighted by Gasteiger charge is -2.31. The molecule has 0 bridgehead atoms. The summed E-state index contributed by atoms with van der Waals surface area (Å²) in [6.07, 6.45) is 0. The number of amides is 1. The highest BCUT2D eigenvalue weighted by molar-refractivity contribution is 8.02. The molecule has 1 aliphatic rings. The van der Waals surface area contributed by atoms with Crippen molar-refractivity contribution in [3.05, 3.63) is 28.7 Å². The smallest absolute Gasteiger partial charge is 0.237 e. The van der Waals surface area contributed by atoms with E-state index in [9.17, 15) is 4.79 Å². The third-order valence-electron chi connectivity index (χ3n) is 3.56. The molecule has 2 heterocycles. The van der Waals surface area contributed by atoms with Crippen molar-refractivity contribution in [2.75, 3.05) is 36.5 Å². The van der Waals surface area contributed by atoms with Crippen LogP contribution in [0.4, 0.5) is 11.4 Å². The summed E-state index contributed by atoms with van der Waals surface area (Å²) >= 11 is 9.20. The van der Waals surface area contributed by atoms with Crippen molar-refractivity contribution in [1.82, 2.24) is 10.2 Å². The molecule has 1 aliphatic heterocycles. The Balaban J connectivity index is 1.74. The molecule has 0 radical (unpaired) electrons. The lowest BCUT2D eigenvalue weighted by molar-refractivity contribution is -0.115. The Morgan fingerprint density at radius 2 is 2.25 bits per heavy atom. The number of rotatable bonds is 5. The van der Waals surface area contributed by atoms with Crippen molar-refractivity contribution in [3.63, 3.8) is 0 Å². The van der Waals surface area contributed by atoms with Crippen LogP contribution in [-0.4, -0.2) is 47.7 Å². The fourth-order valence-corrected chi connectivity index (χ4v) is 4.30. The minimum atomic E-state index is -0.283. The first-order valence-electron chi connectivity index (χ1n) is 7.50. The van der Waals surface area contributed by atoms with Crippen LogP contribution < -0.4 is 10.2 Å². The average Bonchev–Trinajstić information content (AvgIpc) is 3.08. The van der Waals surface area contributed by atoms with Crippen LogP contribution in [-0.2, 0) is 9.53 Å². The monoisotopic (exact) mass is 384 g/mol. The molecule has 1 saturated heterocycles. The van der Waals surface area contributed by atoms with E-state index in [1.54, 1.807) is 5.51 Å². The number of aromatic nitrogens is 2. The van der Waals surface area contributed by atoms with E-state index in [1.807, 2.05) is 25.1 Å². The Labute approximate surface area is 153 Å². The number of thioether (sulfide) groups is 1. The van der Waals surface area contributed by atoms with Gasteiger partial charge in [-0.3, -0.25) is 4.79 Å². The molecule has 0 aliphatic carbocycles. The van der Waals surface area contributed by atoms with E-state index >= 15 is 0 Å². The van der Waals surface area contributed by atoms with Crippen molar-refractivity contribution in [2.24, 2.45) is 0 Å². The van der Waals surface area contributed by atoms with Crippen molar-refractivity contribution >= 4 is 52.0 Å². The average molecular weight is 385 g/mol. The van der Waals surface area contributed by atoms with Crippen molar-refractivity contribution < 1.29 is 9.53 Å². The van der Waals surface area contributed by atoms with Gasteiger partial charge in [-0.25, -0.2) is 0 Å². The number of hydrogen-bond donors (Lipinski definition) is 1. The van der Waals surface area contributed by atoms with Crippen molar-refractivity contribution in [1.29, 1.82) is 0 Å². The molecule has 1 fully saturated rings. The second kappa shape index (κ2) is 8.15. The van der Waals surface area contributed by atoms with Gasteiger partial charge in [-0.1, -0.05) is 40.8 Å². The number of carbonyl (C=O) groups excluding carboxylic acids is 1. The van der Waals surface area contributed by atoms with Gasteiger partial charge >= 0.3 is 0 Å². The Hall–Kier alpha value is -1.35. The quantitative estimate of drug-likeness (QED) is 0.799. The topological polar surface area (TPSA) is 67.4 Å². The van der Waals surface area contributed by atoms with E-state index in [-0.39, 0.29) is 11.2 Å². The molecule has 0 unspecified atom stereocenters. The van der Waals surface area contributed by atoms with Gasteiger partial charge in [0.05, 0.1) is 34.9 Å². The maximum atomic E-state index is 12.5. The number of benzene rings is 1. The highest BCUT2D eigenvalue weighted by Gasteiger charge is 2.21. The molecular formula is C15H17ClN4O2S2. The minimum Gasteiger partial charge on any atom is -0.378 e. The molecule has 1 amide bonds. The van der Waals surface area contributed by atoms with Gasteiger partial charge in [0, 0.05) is 13.1 Å². The van der Waals surface area contributed by atoms with Gasteiger partial charge in [0.1, 0.15) is 5.51 Å². The highest BCUT2D eigenvalue weighted by atomic mass is 35.5. The summed E-state index contributed by atoms with van der Waals surface area (Å²) < 4.78 is 6.17. The van der Waals surface area contributed by atoms with Crippen molar-refractivity contribution in [2.45, 2.75) is 16.5 Å². The largest absolute Gasteiger partial charge is 0.378 e. The van der Waals surface area contributed by atoms with E-state index < -0.39 is 0 Å². The van der Waals surface area contributed by atoms with Gasteiger partial charge in [0.15, 0.2) is 4.34 Å². The molecule has 0 saturated carbocycles. The van der Waals surface area contributed by atoms with E-state index in [1.165, 1.54) is 23.1 Å². The first-order chi connectivity index (χ1) is 11.6. The molecular weight excluding hydrogens is 368 g/mol. The molecule has 9 heteroatoms. The van der Waals surface area contributed by atoms with Gasteiger partial charge in [-0.05, 0) is 19.1 Å². The second-order valence-electron chi connectivity index (χ2n) is 5.19. The fourth-order valence-electron chi connectivity index (χ4n) is 2.38. The molecule has 2 aromatic rings. The maximum Gasteiger partial charge on any atom is 0.237 e. The zero-order valence-electron chi connectivity index (χ0n) is 13.1. The third-order valence-corrected chi connectivity index (χ3v) is 5.78. The molecule has 0 spiro atoms. The van der Waals surface area contributed by atoms with Crippen molar-refractivity contribution in [3.8, 4) is 0 Å². The standard InChI is InChI=1S/C15H17ClN4O2S2/c1-10(24-15-19-17-9-23-15)14(21)18-12-4-2-3-11(16)13(12)20-5-7-22-8-6-20/h2-4,9-10H,5-8H2,1H3,(H,18,21)/t10-/m1/s1. The molecule has 24 heavy (non-hydrogen) atoms. The summed E-state index contributed by atoms with van der Waals surface area (Å²) in [6, 6.07) is 5.54. The Morgan fingerprint density at radius 1 is 1.46 bits per heavy atom. The van der Waals surface area contributed by atoms with E-state index in [4.69, 9.17) is 16.3 Å². The first-order valence-corrected chi connectivity index (χ1v) is 9.64. The Morgan fingerprint density at radius 3 is 2.96 bits per heavy atom. The number of halogens is 1. The predicted octanol–water partition coefficient (Wildman–Crippen LogP) is 3.15. The summed E-state index contributed by atoms with van der Waals surface area (Å²) in [5.74, 6) is -0.0908. The van der Waals surface area contributed by atoms with Gasteiger partial charge in [-0.15, -0.1) is 10.2 Å². The molecule has 1 aromatic carbocycles. The predicted molar refractivity (Wildman–Crippen MR) is 98.3 cm³/mol. The van der Waals surface area contributed by atoms with Crippen LogP contribution in [0.1, 0.15) is 6.92 Å². The third kappa shape index (κ3) is 4.18. The summed E-state index contributed by atoms with van der Waals surface area (Å²) in [5.41, 5.74) is 3.23. The maximum absolute atomic E-state index is 12.5. The van der Waals surface area contributed by atoms with Crippen LogP contribution in [0.2, 0.25) is 5.02 Å². The van der Waals surface area contributed by atoms with Crippen LogP contribution in [0.15, 0.2) is 28.0 Å². The van der Waals surface area contributed by atoms with Crippen LogP contribution in [0.3, 0.4) is 0 Å². The number of nitrogens with zero attached hydrogens (tertiary/aromatic N) is 3. The van der Waals surface area contributed by atoms with Crippen LogP contribution in [0.25, 0.3) is 0 Å². The van der Waals surface area contributed by atoms with Crippen LogP contribution in [0.5, 0.6) is 0 Å². The molecule has 1 N–H and O–H groups in total. The van der Waals surface area contributed by atoms with E-state index in [0.29, 0.717) is 18.2 Å². The summed E-state index contributed by atoms with van der Waals surface area (Å²) in [6.45, 7) is 4.66. The number of anilines is 2. The zero-order chi connectivity index (χ0) is 16.9. The van der Waals surface area contributed by atoms with Gasteiger partial charge in [0.2, 0.25) is 5.91 Å². The van der Waals surface area contributed by atoms with Gasteiger partial charge < -0.3 is 15.0 Å². The number of ether oxygens (including phenoxy) is 1. The highest BCUT2D eigenvalue weighted by Crippen LogP contribution is 2.35. The Bertz CT molecular complexity index is 693. The van der Waals surface area contributed by atoms with E-state index in [2.05, 4.69) is 20.4 Å². The number of nitrogens with one attached hydrogen (secondary N) is 1. The number of hydrogen-bond acceptors (Lipinski definition) is 7. The fraction of sp³-hybridized carbons (Fsp3) is 0.400. The number of carbonyl (C=O) groups is 1. The van der Waals surface area contributed by atoms with Gasteiger partial charge in [-0.2, -0.15) is 0 Å². The molecule has 128 valence electrons. The molecule has 6 nitrogen and oxygen atoms in total. The SMILES string of the molecule is C[C@@H](Sc1nncs1)C(=O)Nc1cccc(Cl)c1N1CCOCC1. The van der Waals surface area contributed by atoms with E-state index in [0.717, 1.165) is 28.8 Å². The van der Waals surface area contributed by atoms with Crippen LogP contribution in [0, 0.1) is 0 Å². The summed E-state index contributed by atoms with van der Waals surface area (Å²) in [7, 11) is 0. The molecule has 1 atom stereocenters. The molecule has 3 rings (SSSR count). The number of morpholine rings is 1. The van der Waals surface area contributed by atoms with Crippen LogP contribution >= 0.6 is 34.7 Å². The second-order valence-corrected chi connectivity index (χ2v) is 8.02. The summed E-state index contributed by atoms with van der Waals surface area (Å²) in [5, 5.41) is 11.1. The Kier molecular flexibility index (Phi) is 5.94. The minimum absolute atomic E-state index is 0.0908. The normalized spacial score (nSPS) is 16.0. The van der Waals surface area contributed by atoms with Gasteiger partial charge in [0.25, 0.3) is 0 Å². The summed E-state index contributed by atoms with van der Waals surface area (Å²) in [4.78, 5) is 14.7. The zero-order valence-corrected chi connectivity index (χ0v) is 15.5. The lowest BCUT2D eigenvalue weighted by Crippen LogP contribution is -2.37. The molecule has 1 aromatic heterocycles. The first kappa shape index (κ1) is 17.5.